The van der Waals surface area contributed by atoms with Crippen molar-refractivity contribution in [2.75, 3.05) is 24.3 Å². The van der Waals surface area contributed by atoms with E-state index in [4.69, 9.17) is 15.6 Å². The first-order valence-electron chi connectivity index (χ1n) is 9.08. The molecule has 152 valence electrons. The average Bonchev–Trinajstić information content (AvgIpc) is 2.77. The van der Waals surface area contributed by atoms with E-state index >= 15 is 0 Å². The molecule has 0 aromatic carbocycles. The molecule has 0 amide bonds. The van der Waals surface area contributed by atoms with Crippen LogP contribution in [0, 0.1) is 11.8 Å². The number of aromatic nitrogens is 4. The molecule has 0 aliphatic heterocycles. The van der Waals surface area contributed by atoms with Crippen molar-refractivity contribution in [3.63, 3.8) is 0 Å². The van der Waals surface area contributed by atoms with Crippen molar-refractivity contribution < 1.29 is 14.6 Å². The first-order chi connectivity index (χ1) is 14.7. The molecule has 0 saturated carbocycles. The predicted molar refractivity (Wildman–Crippen MR) is 111 cm³/mol. The quantitative estimate of drug-likeness (QED) is 0.374. The Bertz CT molecular complexity index is 1060. The van der Waals surface area contributed by atoms with Gasteiger partial charge in [0.15, 0.2) is 12.4 Å². The first kappa shape index (κ1) is 20.7. The molecule has 9 heteroatoms. The fourth-order valence-corrected chi connectivity index (χ4v) is 2.52. The number of anilines is 2. The molecule has 0 radical (unpaired) electrons. The van der Waals surface area contributed by atoms with E-state index in [1.54, 1.807) is 24.5 Å². The molecule has 0 spiro atoms. The average molecular weight is 404 g/mol. The minimum absolute atomic E-state index is 0.0844. The van der Waals surface area contributed by atoms with Gasteiger partial charge < -0.3 is 20.9 Å². The number of ether oxygens (including phenoxy) is 1. The number of rotatable bonds is 8. The van der Waals surface area contributed by atoms with Crippen LogP contribution in [0.25, 0.3) is 0 Å². The number of nitrogens with one attached hydrogen (secondary N) is 1. The van der Waals surface area contributed by atoms with E-state index in [1.165, 1.54) is 12.4 Å². The second-order valence-corrected chi connectivity index (χ2v) is 6.09. The molecule has 9 nitrogen and oxygen atoms in total. The molecular weight excluding hydrogens is 384 g/mol. The summed E-state index contributed by atoms with van der Waals surface area (Å²) in [5.41, 5.74) is 8.36. The van der Waals surface area contributed by atoms with Gasteiger partial charge in [0.1, 0.15) is 18.1 Å². The second kappa shape index (κ2) is 10.5. The van der Waals surface area contributed by atoms with Gasteiger partial charge in [-0.1, -0.05) is 11.8 Å². The van der Waals surface area contributed by atoms with Crippen LogP contribution in [0.5, 0.6) is 5.88 Å². The highest BCUT2D eigenvalue weighted by Crippen LogP contribution is 2.15. The molecule has 4 N–H and O–H groups in total. The fourth-order valence-electron chi connectivity index (χ4n) is 2.52. The van der Waals surface area contributed by atoms with Crippen molar-refractivity contribution >= 4 is 17.3 Å². The Morgan fingerprint density at radius 1 is 1.13 bits per heavy atom. The molecule has 3 heterocycles. The number of carbonyl (C=O) groups excluding carboxylic acids is 1. The SMILES string of the molecule is Nc1ncccc1NCc1cc(CC(=O)c2cnc(OCC#CCO)cn2)ccn1. The van der Waals surface area contributed by atoms with Crippen LogP contribution in [-0.4, -0.2) is 44.0 Å². The third-order valence-corrected chi connectivity index (χ3v) is 3.95. The zero-order valence-corrected chi connectivity index (χ0v) is 16.1. The molecule has 0 fully saturated rings. The number of aliphatic hydroxyl groups excluding tert-OH is 1. The third kappa shape index (κ3) is 5.98. The number of nitrogens with zero attached hydrogens (tertiary/aromatic N) is 4. The van der Waals surface area contributed by atoms with Gasteiger partial charge in [-0.3, -0.25) is 9.78 Å². The Morgan fingerprint density at radius 3 is 2.80 bits per heavy atom. The van der Waals surface area contributed by atoms with E-state index in [-0.39, 0.29) is 37.0 Å². The largest absolute Gasteiger partial charge is 0.463 e. The molecule has 0 saturated heterocycles. The number of pyridine rings is 2. The third-order valence-electron chi connectivity index (χ3n) is 3.95. The topological polar surface area (TPSA) is 136 Å². The van der Waals surface area contributed by atoms with E-state index in [2.05, 4.69) is 37.1 Å². The summed E-state index contributed by atoms with van der Waals surface area (Å²) in [7, 11) is 0. The maximum Gasteiger partial charge on any atom is 0.233 e. The summed E-state index contributed by atoms with van der Waals surface area (Å²) in [4.78, 5) is 29.0. The number of hydrogen-bond donors (Lipinski definition) is 3. The lowest BCUT2D eigenvalue weighted by molar-refractivity contribution is 0.0987. The number of Topliss-reactive ketones (excluding diaryl/α,β-unsaturated/α-hetero) is 1. The Balaban J connectivity index is 1.57. The summed E-state index contributed by atoms with van der Waals surface area (Å²) < 4.78 is 5.25. The molecule has 30 heavy (non-hydrogen) atoms. The molecular formula is C21H20N6O3. The highest BCUT2D eigenvalue weighted by Gasteiger charge is 2.11. The van der Waals surface area contributed by atoms with Crippen molar-refractivity contribution in [1.29, 1.82) is 0 Å². The summed E-state index contributed by atoms with van der Waals surface area (Å²) in [5, 5.41) is 11.8. The molecule has 3 aromatic heterocycles. The minimum Gasteiger partial charge on any atom is -0.463 e. The molecule has 0 aliphatic rings. The van der Waals surface area contributed by atoms with Gasteiger partial charge in [0.05, 0.1) is 30.3 Å². The number of aliphatic hydroxyl groups is 1. The van der Waals surface area contributed by atoms with Crippen molar-refractivity contribution in [3.05, 3.63) is 66.0 Å². The van der Waals surface area contributed by atoms with Crippen molar-refractivity contribution in [3.8, 4) is 17.7 Å². The maximum atomic E-state index is 12.5. The van der Waals surface area contributed by atoms with Crippen LogP contribution in [0.2, 0.25) is 0 Å². The Hall–Kier alpha value is -4.03. The smallest absolute Gasteiger partial charge is 0.233 e. The molecule has 0 bridgehead atoms. The monoisotopic (exact) mass is 404 g/mol. The van der Waals surface area contributed by atoms with Gasteiger partial charge in [-0.25, -0.2) is 15.0 Å². The molecule has 0 aliphatic carbocycles. The standard InChI is InChI=1S/C21H20N6O3/c22-21-17(4-3-6-24-21)25-12-16-10-15(5-7-23-16)11-19(29)18-13-27-20(14-26-18)30-9-2-1-8-28/h3-7,10,13-14,25,28H,8-9,11-12H2,(H2,22,24). The van der Waals surface area contributed by atoms with Crippen LogP contribution in [-0.2, 0) is 13.0 Å². The summed E-state index contributed by atoms with van der Waals surface area (Å²) >= 11 is 0. The Morgan fingerprint density at radius 2 is 2.03 bits per heavy atom. The lowest BCUT2D eigenvalue weighted by Crippen LogP contribution is -2.09. The van der Waals surface area contributed by atoms with Crippen LogP contribution in [0.1, 0.15) is 21.7 Å². The van der Waals surface area contributed by atoms with E-state index in [0.29, 0.717) is 12.4 Å². The zero-order valence-electron chi connectivity index (χ0n) is 16.1. The Labute approximate surface area is 173 Å². The fraction of sp³-hybridized carbons (Fsp3) is 0.190. The van der Waals surface area contributed by atoms with Gasteiger partial charge >= 0.3 is 0 Å². The van der Waals surface area contributed by atoms with Crippen molar-refractivity contribution in [2.45, 2.75) is 13.0 Å². The van der Waals surface area contributed by atoms with Crippen LogP contribution in [0.4, 0.5) is 11.5 Å². The van der Waals surface area contributed by atoms with Crippen molar-refractivity contribution in [2.24, 2.45) is 0 Å². The van der Waals surface area contributed by atoms with E-state index in [9.17, 15) is 4.79 Å². The normalized spacial score (nSPS) is 10.0. The lowest BCUT2D eigenvalue weighted by atomic mass is 10.1. The molecule has 0 unspecified atom stereocenters. The van der Waals surface area contributed by atoms with Crippen LogP contribution in [0.3, 0.4) is 0 Å². The molecule has 0 atom stereocenters. The predicted octanol–water partition coefficient (Wildman–Crippen LogP) is 1.26. The maximum absolute atomic E-state index is 12.5. The minimum atomic E-state index is -0.229. The van der Waals surface area contributed by atoms with E-state index in [1.807, 2.05) is 12.1 Å². The number of nitrogens with two attached hydrogens (primary N) is 1. The highest BCUT2D eigenvalue weighted by atomic mass is 16.5. The van der Waals surface area contributed by atoms with Gasteiger partial charge in [0.25, 0.3) is 0 Å². The lowest BCUT2D eigenvalue weighted by Gasteiger charge is -2.09. The number of nitrogen functional groups attached to an aromatic ring is 1. The van der Waals surface area contributed by atoms with Gasteiger partial charge in [0, 0.05) is 18.8 Å². The first-order valence-corrected chi connectivity index (χ1v) is 9.08. The number of ketones is 1. The Kier molecular flexibility index (Phi) is 7.24. The number of carbonyl (C=O) groups is 1. The van der Waals surface area contributed by atoms with E-state index < -0.39 is 0 Å². The van der Waals surface area contributed by atoms with Crippen molar-refractivity contribution in [1.82, 2.24) is 19.9 Å². The van der Waals surface area contributed by atoms with Crippen LogP contribution < -0.4 is 15.8 Å². The molecule has 3 aromatic rings. The number of hydrogen-bond acceptors (Lipinski definition) is 9. The summed E-state index contributed by atoms with van der Waals surface area (Å²) in [5.74, 6) is 5.56. The molecule has 3 rings (SSSR count). The van der Waals surface area contributed by atoms with E-state index in [0.717, 1.165) is 16.9 Å². The highest BCUT2D eigenvalue weighted by molar-refractivity contribution is 5.95. The van der Waals surface area contributed by atoms with Gasteiger partial charge in [-0.15, -0.1) is 0 Å². The summed E-state index contributed by atoms with van der Waals surface area (Å²) in [6.45, 7) is 0.302. The second-order valence-electron chi connectivity index (χ2n) is 6.09. The van der Waals surface area contributed by atoms with Gasteiger partial charge in [-0.2, -0.15) is 0 Å². The summed E-state index contributed by atoms with van der Waals surface area (Å²) in [6, 6.07) is 7.26. The van der Waals surface area contributed by atoms with Gasteiger partial charge in [0.2, 0.25) is 5.88 Å². The zero-order chi connectivity index (χ0) is 21.2. The van der Waals surface area contributed by atoms with Gasteiger partial charge in [-0.05, 0) is 29.8 Å². The van der Waals surface area contributed by atoms with Crippen LogP contribution >= 0.6 is 0 Å². The van der Waals surface area contributed by atoms with Crippen LogP contribution in [0.15, 0.2) is 49.1 Å². The summed E-state index contributed by atoms with van der Waals surface area (Å²) in [6.07, 6.45) is 6.18.